The smallest absolute Gasteiger partial charge is 0.239 e. The molecule has 2 rings (SSSR count). The normalized spacial score (nSPS) is 10.8. The van der Waals surface area contributed by atoms with E-state index < -0.39 is 11.3 Å². The van der Waals surface area contributed by atoms with E-state index in [1.165, 1.54) is 6.92 Å². The van der Waals surface area contributed by atoms with Gasteiger partial charge in [0.05, 0.1) is 0 Å². The number of nitrogens with one attached hydrogen (secondary N) is 2. The Labute approximate surface area is 147 Å². The molecule has 25 heavy (non-hydrogen) atoms. The summed E-state index contributed by atoms with van der Waals surface area (Å²) in [6.07, 6.45) is 0. The number of hydrogen-bond acceptors (Lipinski definition) is 3. The van der Waals surface area contributed by atoms with E-state index in [0.717, 1.165) is 5.56 Å². The average molecular weight is 338 g/mol. The van der Waals surface area contributed by atoms with Crippen LogP contribution in [0.25, 0.3) is 0 Å². The third kappa shape index (κ3) is 4.76. The summed E-state index contributed by atoms with van der Waals surface area (Å²) >= 11 is 0. The van der Waals surface area contributed by atoms with Gasteiger partial charge in [-0.25, -0.2) is 0 Å². The van der Waals surface area contributed by atoms with Crippen LogP contribution >= 0.6 is 0 Å². The van der Waals surface area contributed by atoms with Gasteiger partial charge < -0.3 is 10.6 Å². The van der Waals surface area contributed by atoms with Gasteiger partial charge in [0.2, 0.25) is 11.8 Å². The zero-order valence-electron chi connectivity index (χ0n) is 14.6. The molecule has 0 atom stereocenters. The van der Waals surface area contributed by atoms with Crippen molar-refractivity contribution >= 4 is 23.3 Å². The molecular formula is C20H22N2O3. The van der Waals surface area contributed by atoms with Gasteiger partial charge in [-0.2, -0.15) is 0 Å². The quantitative estimate of drug-likeness (QED) is 0.627. The highest BCUT2D eigenvalue weighted by Gasteiger charge is 2.35. The van der Waals surface area contributed by atoms with Crippen molar-refractivity contribution in [2.24, 2.45) is 5.41 Å². The molecular weight excluding hydrogens is 316 g/mol. The molecule has 0 aliphatic carbocycles. The topological polar surface area (TPSA) is 75.3 Å². The Hall–Kier alpha value is -2.95. The lowest BCUT2D eigenvalue weighted by Crippen LogP contribution is -2.44. The van der Waals surface area contributed by atoms with E-state index in [-0.39, 0.29) is 11.7 Å². The average Bonchev–Trinajstić information content (AvgIpc) is 2.60. The van der Waals surface area contributed by atoms with E-state index >= 15 is 0 Å². The fraction of sp³-hybridized carbons (Fsp3) is 0.250. The molecule has 0 heterocycles. The predicted molar refractivity (Wildman–Crippen MR) is 97.1 cm³/mol. The molecule has 0 radical (unpaired) electrons. The third-order valence-corrected chi connectivity index (χ3v) is 3.96. The van der Waals surface area contributed by atoms with Crippen LogP contribution in [0.2, 0.25) is 0 Å². The Morgan fingerprint density at radius 2 is 1.60 bits per heavy atom. The highest BCUT2D eigenvalue weighted by molar-refractivity contribution is 6.10. The number of anilines is 1. The van der Waals surface area contributed by atoms with Crippen LogP contribution in [0.15, 0.2) is 54.6 Å². The summed E-state index contributed by atoms with van der Waals surface area (Å²) in [5, 5.41) is 5.49. The first-order chi connectivity index (χ1) is 11.8. The maximum Gasteiger partial charge on any atom is 0.239 e. The molecule has 0 spiro atoms. The van der Waals surface area contributed by atoms with Crippen molar-refractivity contribution in [3.05, 3.63) is 65.7 Å². The molecule has 2 amide bonds. The van der Waals surface area contributed by atoms with Crippen LogP contribution in [0, 0.1) is 5.41 Å². The van der Waals surface area contributed by atoms with Crippen molar-refractivity contribution in [2.75, 3.05) is 5.32 Å². The Kier molecular flexibility index (Phi) is 5.70. The standard InChI is InChI=1S/C20H22N2O3/c1-14(23)16-10-7-11-17(12-16)22-19(25)20(2,3)18(24)21-13-15-8-5-4-6-9-15/h4-12H,13H2,1-3H3,(H,21,24)(H,22,25). The number of rotatable bonds is 6. The molecule has 0 aliphatic rings. The molecule has 0 bridgehead atoms. The zero-order valence-corrected chi connectivity index (χ0v) is 14.6. The van der Waals surface area contributed by atoms with Gasteiger partial charge in [-0.3, -0.25) is 14.4 Å². The summed E-state index contributed by atoms with van der Waals surface area (Å²) in [7, 11) is 0. The minimum atomic E-state index is -1.25. The molecule has 5 nitrogen and oxygen atoms in total. The highest BCUT2D eigenvalue weighted by Crippen LogP contribution is 2.20. The fourth-order valence-electron chi connectivity index (χ4n) is 2.21. The molecule has 2 aromatic rings. The summed E-state index contributed by atoms with van der Waals surface area (Å²) in [6.45, 7) is 4.95. The van der Waals surface area contributed by atoms with Gasteiger partial charge in [0.1, 0.15) is 5.41 Å². The van der Waals surface area contributed by atoms with Gasteiger partial charge in [0, 0.05) is 17.8 Å². The van der Waals surface area contributed by atoms with Crippen molar-refractivity contribution in [3.63, 3.8) is 0 Å². The van der Waals surface area contributed by atoms with Gasteiger partial charge >= 0.3 is 0 Å². The summed E-state index contributed by atoms with van der Waals surface area (Å²) in [4.78, 5) is 36.4. The molecule has 0 saturated carbocycles. The van der Waals surface area contributed by atoms with Gasteiger partial charge in [-0.15, -0.1) is 0 Å². The molecule has 0 saturated heterocycles. The molecule has 5 heteroatoms. The van der Waals surface area contributed by atoms with E-state index in [2.05, 4.69) is 10.6 Å². The number of hydrogen-bond donors (Lipinski definition) is 2. The van der Waals surface area contributed by atoms with E-state index in [0.29, 0.717) is 17.8 Å². The monoisotopic (exact) mass is 338 g/mol. The van der Waals surface area contributed by atoms with Crippen molar-refractivity contribution in [2.45, 2.75) is 27.3 Å². The molecule has 0 aliphatic heterocycles. The van der Waals surface area contributed by atoms with Crippen LogP contribution in [-0.4, -0.2) is 17.6 Å². The molecule has 2 N–H and O–H groups in total. The number of carbonyl (C=O) groups excluding carboxylic acids is 3. The predicted octanol–water partition coefficient (Wildman–Crippen LogP) is 3.17. The molecule has 0 aromatic heterocycles. The van der Waals surface area contributed by atoms with Crippen molar-refractivity contribution in [1.29, 1.82) is 0 Å². The van der Waals surface area contributed by atoms with Gasteiger partial charge in [-0.1, -0.05) is 42.5 Å². The maximum absolute atomic E-state index is 12.5. The second-order valence-corrected chi connectivity index (χ2v) is 6.38. The summed E-state index contributed by atoms with van der Waals surface area (Å²) in [6, 6.07) is 16.1. The Morgan fingerprint density at radius 1 is 0.920 bits per heavy atom. The van der Waals surface area contributed by atoms with E-state index in [9.17, 15) is 14.4 Å². The molecule has 2 aromatic carbocycles. The number of benzene rings is 2. The maximum atomic E-state index is 12.5. The minimum Gasteiger partial charge on any atom is -0.351 e. The third-order valence-electron chi connectivity index (χ3n) is 3.96. The van der Waals surface area contributed by atoms with Crippen LogP contribution in [0.1, 0.15) is 36.7 Å². The Bertz CT molecular complexity index is 783. The van der Waals surface area contributed by atoms with Crippen LogP contribution in [-0.2, 0) is 16.1 Å². The molecule has 0 unspecified atom stereocenters. The number of carbonyl (C=O) groups is 3. The van der Waals surface area contributed by atoms with Crippen LogP contribution in [0.3, 0.4) is 0 Å². The Balaban J connectivity index is 2.02. The fourth-order valence-corrected chi connectivity index (χ4v) is 2.21. The first-order valence-corrected chi connectivity index (χ1v) is 8.05. The highest BCUT2D eigenvalue weighted by atomic mass is 16.2. The number of amides is 2. The summed E-state index contributed by atoms with van der Waals surface area (Å²) in [5.74, 6) is -0.883. The van der Waals surface area contributed by atoms with E-state index in [4.69, 9.17) is 0 Å². The van der Waals surface area contributed by atoms with Crippen LogP contribution < -0.4 is 10.6 Å². The summed E-state index contributed by atoms with van der Waals surface area (Å²) < 4.78 is 0. The first-order valence-electron chi connectivity index (χ1n) is 8.05. The number of Topliss-reactive ketones (excluding diaryl/α,β-unsaturated/α-hetero) is 1. The van der Waals surface area contributed by atoms with Crippen molar-refractivity contribution < 1.29 is 14.4 Å². The lowest BCUT2D eigenvalue weighted by molar-refractivity contribution is -0.138. The van der Waals surface area contributed by atoms with Crippen molar-refractivity contribution in [3.8, 4) is 0 Å². The zero-order chi connectivity index (χ0) is 18.4. The van der Waals surface area contributed by atoms with Crippen LogP contribution in [0.5, 0.6) is 0 Å². The van der Waals surface area contributed by atoms with E-state index in [1.807, 2.05) is 30.3 Å². The second-order valence-electron chi connectivity index (χ2n) is 6.38. The van der Waals surface area contributed by atoms with Gasteiger partial charge in [0.25, 0.3) is 0 Å². The van der Waals surface area contributed by atoms with Crippen LogP contribution in [0.4, 0.5) is 5.69 Å². The first kappa shape index (κ1) is 18.4. The van der Waals surface area contributed by atoms with Gasteiger partial charge in [-0.05, 0) is 38.5 Å². The van der Waals surface area contributed by atoms with E-state index in [1.54, 1.807) is 38.1 Å². The summed E-state index contributed by atoms with van der Waals surface area (Å²) in [5.41, 5.74) is 0.702. The van der Waals surface area contributed by atoms with Crippen molar-refractivity contribution in [1.82, 2.24) is 5.32 Å². The SMILES string of the molecule is CC(=O)c1cccc(NC(=O)C(C)(C)C(=O)NCc2ccccc2)c1. The molecule has 0 fully saturated rings. The minimum absolute atomic E-state index is 0.0871. The largest absolute Gasteiger partial charge is 0.351 e. The second kappa shape index (κ2) is 7.75. The lowest BCUT2D eigenvalue weighted by atomic mass is 9.90. The number of ketones is 1. The van der Waals surface area contributed by atoms with Gasteiger partial charge in [0.15, 0.2) is 5.78 Å². The lowest BCUT2D eigenvalue weighted by Gasteiger charge is -2.23. The Morgan fingerprint density at radius 3 is 2.24 bits per heavy atom. The molecule has 130 valence electrons.